The molecule has 0 atom stereocenters. The van der Waals surface area contributed by atoms with Crippen molar-refractivity contribution in [2.24, 2.45) is 0 Å². The van der Waals surface area contributed by atoms with Gasteiger partial charge in [-0.15, -0.1) is 11.3 Å². The van der Waals surface area contributed by atoms with Gasteiger partial charge in [-0.3, -0.25) is 4.72 Å². The number of hydrogen-bond acceptors (Lipinski definition) is 7. The van der Waals surface area contributed by atoms with Crippen molar-refractivity contribution in [1.29, 1.82) is 0 Å². The lowest BCUT2D eigenvalue weighted by Crippen LogP contribution is -2.13. The number of nitrogens with one attached hydrogen (secondary N) is 1. The molecule has 0 amide bonds. The molecule has 0 spiro atoms. The second-order valence-electron chi connectivity index (χ2n) is 5.50. The Morgan fingerprint density at radius 1 is 1.11 bits per heavy atom. The molecule has 1 heterocycles. The van der Waals surface area contributed by atoms with E-state index in [0.717, 1.165) is 14.9 Å². The Hall–Kier alpha value is -2.36. The number of nitrogens with zero attached hydrogens (tertiary/aromatic N) is 1. The van der Waals surface area contributed by atoms with Crippen LogP contribution < -0.4 is 4.72 Å². The number of aromatic nitrogens is 1. The molecule has 0 aliphatic heterocycles. The molecule has 1 N–H and O–H groups in total. The lowest BCUT2D eigenvalue weighted by atomic mass is 10.2. The van der Waals surface area contributed by atoms with Crippen molar-refractivity contribution in [3.05, 3.63) is 65.2 Å². The number of rotatable bonds is 6. The molecular formula is C18H16N2O4S3. The zero-order valence-electron chi connectivity index (χ0n) is 14.5. The molecule has 3 rings (SSSR count). The van der Waals surface area contributed by atoms with Crippen molar-refractivity contribution in [3.8, 4) is 0 Å². The number of sulfonamides is 1. The van der Waals surface area contributed by atoms with Crippen molar-refractivity contribution in [2.45, 2.75) is 21.1 Å². The van der Waals surface area contributed by atoms with Gasteiger partial charge in [0.25, 0.3) is 10.0 Å². The average Bonchev–Trinajstić information content (AvgIpc) is 3.07. The summed E-state index contributed by atoms with van der Waals surface area (Å²) in [6, 6.07) is 12.6. The number of anilines is 1. The van der Waals surface area contributed by atoms with Crippen LogP contribution in [-0.2, 0) is 14.8 Å². The van der Waals surface area contributed by atoms with Gasteiger partial charge in [0.15, 0.2) is 4.34 Å². The van der Waals surface area contributed by atoms with Crippen LogP contribution >= 0.6 is 23.1 Å². The van der Waals surface area contributed by atoms with Gasteiger partial charge in [-0.2, -0.15) is 0 Å². The van der Waals surface area contributed by atoms with E-state index in [1.165, 1.54) is 43.1 Å². The minimum absolute atomic E-state index is 0.0619. The molecule has 2 aromatic carbocycles. The van der Waals surface area contributed by atoms with E-state index in [1.54, 1.807) is 23.5 Å². The van der Waals surface area contributed by atoms with E-state index in [0.29, 0.717) is 5.69 Å². The Bertz CT molecular complexity index is 1040. The first kappa shape index (κ1) is 19.4. The third-order valence-electron chi connectivity index (χ3n) is 3.50. The molecule has 3 aromatic rings. The van der Waals surface area contributed by atoms with E-state index < -0.39 is 16.0 Å². The molecule has 0 fully saturated rings. The zero-order valence-corrected chi connectivity index (χ0v) is 17.0. The highest BCUT2D eigenvalue weighted by Crippen LogP contribution is 2.31. The molecule has 0 unspecified atom stereocenters. The first-order chi connectivity index (χ1) is 12.9. The van der Waals surface area contributed by atoms with E-state index in [-0.39, 0.29) is 10.5 Å². The Balaban J connectivity index is 1.70. The van der Waals surface area contributed by atoms with Gasteiger partial charge in [0, 0.05) is 21.7 Å². The van der Waals surface area contributed by atoms with Gasteiger partial charge in [-0.1, -0.05) is 11.8 Å². The molecule has 0 saturated heterocycles. The largest absolute Gasteiger partial charge is 0.465 e. The summed E-state index contributed by atoms with van der Waals surface area (Å²) in [6.45, 7) is 1.94. The highest BCUT2D eigenvalue weighted by atomic mass is 32.2. The van der Waals surface area contributed by atoms with Gasteiger partial charge in [0.1, 0.15) is 0 Å². The molecule has 27 heavy (non-hydrogen) atoms. The number of benzene rings is 2. The summed E-state index contributed by atoms with van der Waals surface area (Å²) in [7, 11) is -2.48. The van der Waals surface area contributed by atoms with E-state index in [2.05, 4.69) is 14.4 Å². The number of ether oxygens (including phenoxy) is 1. The highest BCUT2D eigenvalue weighted by Gasteiger charge is 2.15. The summed E-state index contributed by atoms with van der Waals surface area (Å²) in [5, 5.41) is 1.98. The smallest absolute Gasteiger partial charge is 0.337 e. The topological polar surface area (TPSA) is 85.4 Å². The lowest BCUT2D eigenvalue weighted by molar-refractivity contribution is 0.0600. The monoisotopic (exact) mass is 420 g/mol. The van der Waals surface area contributed by atoms with Crippen LogP contribution in [0.5, 0.6) is 0 Å². The number of esters is 1. The average molecular weight is 421 g/mol. The number of carbonyl (C=O) groups excluding carboxylic acids is 1. The van der Waals surface area contributed by atoms with Gasteiger partial charge in [-0.05, 0) is 55.5 Å². The van der Waals surface area contributed by atoms with Gasteiger partial charge in [0.05, 0.1) is 17.6 Å². The predicted octanol–water partition coefficient (Wildman–Crippen LogP) is 4.19. The highest BCUT2D eigenvalue weighted by molar-refractivity contribution is 8.01. The molecule has 0 bridgehead atoms. The van der Waals surface area contributed by atoms with Crippen molar-refractivity contribution in [2.75, 3.05) is 11.8 Å². The predicted molar refractivity (Wildman–Crippen MR) is 106 cm³/mol. The molecule has 0 aliphatic carbocycles. The third kappa shape index (κ3) is 4.88. The first-order valence-electron chi connectivity index (χ1n) is 7.78. The molecule has 9 heteroatoms. The van der Waals surface area contributed by atoms with E-state index in [4.69, 9.17) is 0 Å². The second-order valence-corrected chi connectivity index (χ2v) is 9.36. The number of methoxy groups -OCH3 is 1. The van der Waals surface area contributed by atoms with Gasteiger partial charge in [-0.25, -0.2) is 18.2 Å². The standard InChI is InChI=1S/C18H16N2O4S3/c1-12-11-25-18(19-12)26-15-7-5-14(6-8-15)20-27(22,23)16-9-3-13(4-10-16)17(21)24-2/h3-11,20H,1-2H3. The van der Waals surface area contributed by atoms with Crippen LogP contribution in [0.2, 0.25) is 0 Å². The van der Waals surface area contributed by atoms with Crippen LogP contribution in [0.3, 0.4) is 0 Å². The van der Waals surface area contributed by atoms with Crippen molar-refractivity contribution in [1.82, 2.24) is 4.98 Å². The van der Waals surface area contributed by atoms with Gasteiger partial charge < -0.3 is 4.74 Å². The van der Waals surface area contributed by atoms with Crippen LogP contribution in [0.4, 0.5) is 5.69 Å². The van der Waals surface area contributed by atoms with Gasteiger partial charge in [0.2, 0.25) is 0 Å². The fourth-order valence-electron chi connectivity index (χ4n) is 2.17. The summed E-state index contributed by atoms with van der Waals surface area (Å²) in [5.41, 5.74) is 1.71. The molecule has 140 valence electrons. The molecule has 1 aromatic heterocycles. The van der Waals surface area contributed by atoms with Crippen LogP contribution in [0.25, 0.3) is 0 Å². The van der Waals surface area contributed by atoms with Crippen molar-refractivity contribution < 1.29 is 17.9 Å². The summed E-state index contributed by atoms with van der Waals surface area (Å²) in [6.07, 6.45) is 0. The zero-order chi connectivity index (χ0) is 19.4. The normalized spacial score (nSPS) is 11.2. The van der Waals surface area contributed by atoms with Crippen molar-refractivity contribution in [3.63, 3.8) is 0 Å². The third-order valence-corrected chi connectivity index (χ3v) is 6.96. The maximum Gasteiger partial charge on any atom is 0.337 e. The van der Waals surface area contributed by atoms with Crippen LogP contribution in [0.1, 0.15) is 16.1 Å². The number of carbonyl (C=O) groups is 1. The lowest BCUT2D eigenvalue weighted by Gasteiger charge is -2.09. The van der Waals surface area contributed by atoms with Crippen LogP contribution in [0, 0.1) is 6.92 Å². The molecular weight excluding hydrogens is 404 g/mol. The SMILES string of the molecule is COC(=O)c1ccc(S(=O)(=O)Nc2ccc(Sc3nc(C)cs3)cc2)cc1. The summed E-state index contributed by atoms with van der Waals surface area (Å²) < 4.78 is 33.0. The Morgan fingerprint density at radius 2 is 1.78 bits per heavy atom. The Labute approximate surface area is 165 Å². The Kier molecular flexibility index (Phi) is 5.83. The molecule has 0 saturated carbocycles. The first-order valence-corrected chi connectivity index (χ1v) is 11.0. The summed E-state index contributed by atoms with van der Waals surface area (Å²) >= 11 is 3.09. The summed E-state index contributed by atoms with van der Waals surface area (Å²) in [5.74, 6) is -0.518. The molecule has 0 aliphatic rings. The molecule has 0 radical (unpaired) electrons. The quantitative estimate of drug-likeness (QED) is 0.602. The van der Waals surface area contributed by atoms with E-state index in [1.807, 2.05) is 24.4 Å². The van der Waals surface area contributed by atoms with Crippen LogP contribution in [-0.4, -0.2) is 26.5 Å². The second kappa shape index (κ2) is 8.12. The maximum absolute atomic E-state index is 12.5. The number of hydrogen-bond donors (Lipinski definition) is 1. The van der Waals surface area contributed by atoms with Crippen molar-refractivity contribution >= 4 is 44.8 Å². The minimum atomic E-state index is -3.75. The fourth-order valence-corrected chi connectivity index (χ4v) is 5.04. The fraction of sp³-hybridized carbons (Fsp3) is 0.111. The maximum atomic E-state index is 12.5. The van der Waals surface area contributed by atoms with E-state index >= 15 is 0 Å². The number of thiazole rings is 1. The number of aryl methyl sites for hydroxylation is 1. The van der Waals surface area contributed by atoms with Gasteiger partial charge >= 0.3 is 5.97 Å². The Morgan fingerprint density at radius 3 is 2.33 bits per heavy atom. The molecule has 6 nitrogen and oxygen atoms in total. The van der Waals surface area contributed by atoms with Crippen LogP contribution in [0.15, 0.2) is 68.0 Å². The minimum Gasteiger partial charge on any atom is -0.465 e. The summed E-state index contributed by atoms with van der Waals surface area (Å²) in [4.78, 5) is 16.9. The van der Waals surface area contributed by atoms with E-state index in [9.17, 15) is 13.2 Å².